The first kappa shape index (κ1) is 21.4. The van der Waals surface area contributed by atoms with E-state index in [1.807, 2.05) is 0 Å². The first-order valence-electron chi connectivity index (χ1n) is 9.55. The van der Waals surface area contributed by atoms with Gasteiger partial charge in [-0.1, -0.05) is 0 Å². The Hall–Kier alpha value is -3.85. The fourth-order valence-electron chi connectivity index (χ4n) is 3.14. The molecule has 1 N–H and O–H groups in total. The average molecular weight is 452 g/mol. The van der Waals surface area contributed by atoms with Crippen LogP contribution in [-0.2, 0) is 16.1 Å². The van der Waals surface area contributed by atoms with E-state index < -0.39 is 11.6 Å². The van der Waals surface area contributed by atoms with Gasteiger partial charge in [0.1, 0.15) is 27.9 Å². The quantitative estimate of drug-likeness (QED) is 0.349. The van der Waals surface area contributed by atoms with Crippen LogP contribution in [0.1, 0.15) is 27.9 Å². The van der Waals surface area contributed by atoms with Gasteiger partial charge in [0.25, 0.3) is 0 Å². The minimum Gasteiger partial charge on any atom is -0.457 e. The van der Waals surface area contributed by atoms with Crippen LogP contribution in [-0.4, -0.2) is 16.9 Å². The van der Waals surface area contributed by atoms with Crippen LogP contribution >= 0.6 is 11.3 Å². The minimum absolute atomic E-state index is 0.149. The Labute approximate surface area is 185 Å². The first-order chi connectivity index (χ1) is 15.3. The number of hydrogen-bond donors (Lipinski definition) is 1. The lowest BCUT2D eigenvalue weighted by molar-refractivity contribution is -0.114. The summed E-state index contributed by atoms with van der Waals surface area (Å²) in [5.41, 5.74) is 1.81. The molecule has 0 bridgehead atoms. The zero-order chi connectivity index (χ0) is 22.8. The van der Waals surface area contributed by atoms with Gasteiger partial charge in [0.05, 0.1) is 5.69 Å². The number of halogens is 1. The number of esters is 1. The van der Waals surface area contributed by atoms with Crippen LogP contribution in [0.25, 0.3) is 21.5 Å². The summed E-state index contributed by atoms with van der Waals surface area (Å²) in [4.78, 5) is 40.6. The Morgan fingerprint density at radius 1 is 1.16 bits per heavy atom. The molecule has 0 saturated carbocycles. The topological polar surface area (TPSA) is 98.5 Å². The summed E-state index contributed by atoms with van der Waals surface area (Å²) in [6.07, 6.45) is 0. The van der Waals surface area contributed by atoms with E-state index >= 15 is 0 Å². The Morgan fingerprint density at radius 2 is 1.91 bits per heavy atom. The lowest BCUT2D eigenvalue weighted by Gasteiger charge is -2.08. The monoisotopic (exact) mass is 452 g/mol. The summed E-state index contributed by atoms with van der Waals surface area (Å²) in [5, 5.41) is 3.78. The van der Waals surface area contributed by atoms with E-state index in [0.29, 0.717) is 37.8 Å². The normalized spacial score (nSPS) is 10.8. The van der Waals surface area contributed by atoms with Gasteiger partial charge >= 0.3 is 11.6 Å². The molecule has 2 heterocycles. The number of fused-ring (bicyclic) bond motifs is 1. The fraction of sp³-hybridized carbons (Fsp3) is 0.130. The average Bonchev–Trinajstić information content (AvgIpc) is 3.13. The maximum absolute atomic E-state index is 13.2. The molecule has 2 aromatic heterocycles. The van der Waals surface area contributed by atoms with Crippen molar-refractivity contribution in [1.29, 1.82) is 0 Å². The zero-order valence-corrected chi connectivity index (χ0v) is 17.9. The van der Waals surface area contributed by atoms with Crippen molar-refractivity contribution in [2.45, 2.75) is 20.5 Å². The van der Waals surface area contributed by atoms with Gasteiger partial charge in [-0.15, -0.1) is 11.3 Å². The number of anilines is 1. The molecular weight excluding hydrogens is 435 g/mol. The standard InChI is InChI=1S/C23H17FN2O5S/c1-12-21(32-22(25-12)14-3-5-16(24)6-4-14)23(29)30-11-15-9-20(28)31-19-10-17(26-13(2)27)7-8-18(15)19/h3-10H,11H2,1-2H3,(H,26,27). The lowest BCUT2D eigenvalue weighted by Crippen LogP contribution is -2.08. The first-order valence-corrected chi connectivity index (χ1v) is 10.4. The largest absolute Gasteiger partial charge is 0.457 e. The molecule has 0 atom stereocenters. The molecule has 0 spiro atoms. The molecule has 4 aromatic rings. The van der Waals surface area contributed by atoms with E-state index in [4.69, 9.17) is 9.15 Å². The summed E-state index contributed by atoms with van der Waals surface area (Å²) in [5.74, 6) is -1.19. The molecule has 9 heteroatoms. The Bertz CT molecular complexity index is 1390. The number of nitrogens with zero attached hydrogens (tertiary/aromatic N) is 1. The van der Waals surface area contributed by atoms with Crippen molar-refractivity contribution in [2.24, 2.45) is 0 Å². The number of ether oxygens (including phenoxy) is 1. The zero-order valence-electron chi connectivity index (χ0n) is 17.1. The molecule has 0 saturated heterocycles. The summed E-state index contributed by atoms with van der Waals surface area (Å²) in [6.45, 7) is 2.92. The highest BCUT2D eigenvalue weighted by Crippen LogP contribution is 2.29. The van der Waals surface area contributed by atoms with Crippen LogP contribution < -0.4 is 10.9 Å². The maximum atomic E-state index is 13.2. The van der Waals surface area contributed by atoms with Gasteiger partial charge in [0, 0.05) is 41.3 Å². The molecule has 162 valence electrons. The third-order valence-corrected chi connectivity index (χ3v) is 5.77. The van der Waals surface area contributed by atoms with E-state index in [1.165, 1.54) is 31.2 Å². The van der Waals surface area contributed by atoms with Crippen molar-refractivity contribution in [3.63, 3.8) is 0 Å². The van der Waals surface area contributed by atoms with Crippen molar-refractivity contribution in [3.8, 4) is 10.6 Å². The molecule has 0 radical (unpaired) electrons. The van der Waals surface area contributed by atoms with E-state index in [9.17, 15) is 18.8 Å². The highest BCUT2D eigenvalue weighted by atomic mass is 32.1. The molecule has 2 aromatic carbocycles. The van der Waals surface area contributed by atoms with Crippen LogP contribution in [0.15, 0.2) is 57.7 Å². The van der Waals surface area contributed by atoms with Crippen molar-refractivity contribution in [1.82, 2.24) is 4.98 Å². The van der Waals surface area contributed by atoms with Gasteiger partial charge in [0.2, 0.25) is 5.91 Å². The predicted molar refractivity (Wildman–Crippen MR) is 118 cm³/mol. The number of rotatable bonds is 5. The van der Waals surface area contributed by atoms with Gasteiger partial charge in [0.15, 0.2) is 0 Å². The third kappa shape index (κ3) is 4.57. The fourth-order valence-corrected chi connectivity index (χ4v) is 4.11. The highest BCUT2D eigenvalue weighted by Gasteiger charge is 2.18. The van der Waals surface area contributed by atoms with E-state index in [1.54, 1.807) is 31.2 Å². The second kappa shape index (κ2) is 8.72. The second-order valence-electron chi connectivity index (χ2n) is 7.00. The molecule has 32 heavy (non-hydrogen) atoms. The minimum atomic E-state index is -0.601. The van der Waals surface area contributed by atoms with Crippen LogP contribution in [0, 0.1) is 12.7 Å². The number of carbonyl (C=O) groups excluding carboxylic acids is 2. The molecule has 7 nitrogen and oxygen atoms in total. The SMILES string of the molecule is CC(=O)Nc1ccc2c(COC(=O)c3sc(-c4ccc(F)cc4)nc3C)cc(=O)oc2c1. The number of thiazole rings is 1. The van der Waals surface area contributed by atoms with Gasteiger partial charge in [-0.05, 0) is 43.3 Å². The molecule has 0 aliphatic heterocycles. The van der Waals surface area contributed by atoms with E-state index in [-0.39, 0.29) is 23.9 Å². The number of nitrogens with one attached hydrogen (secondary N) is 1. The summed E-state index contributed by atoms with van der Waals surface area (Å²) < 4.78 is 23.8. The number of hydrogen-bond acceptors (Lipinski definition) is 7. The Kier molecular flexibility index (Phi) is 5.83. The van der Waals surface area contributed by atoms with Crippen molar-refractivity contribution < 1.29 is 23.1 Å². The molecule has 0 fully saturated rings. The number of carbonyl (C=O) groups is 2. The van der Waals surface area contributed by atoms with Crippen LogP contribution in [0.5, 0.6) is 0 Å². The van der Waals surface area contributed by atoms with Crippen LogP contribution in [0.4, 0.5) is 10.1 Å². The summed E-state index contributed by atoms with van der Waals surface area (Å²) in [7, 11) is 0. The van der Waals surface area contributed by atoms with Crippen molar-refractivity contribution in [3.05, 3.63) is 80.9 Å². The smallest absolute Gasteiger partial charge is 0.350 e. The van der Waals surface area contributed by atoms with E-state index in [0.717, 1.165) is 11.3 Å². The van der Waals surface area contributed by atoms with E-state index in [2.05, 4.69) is 10.3 Å². The second-order valence-corrected chi connectivity index (χ2v) is 8.00. The summed E-state index contributed by atoms with van der Waals surface area (Å²) >= 11 is 1.15. The van der Waals surface area contributed by atoms with Crippen molar-refractivity contribution >= 4 is 39.9 Å². The number of aryl methyl sites for hydroxylation is 1. The molecule has 0 aliphatic rings. The summed E-state index contributed by atoms with van der Waals surface area (Å²) in [6, 6.07) is 12.0. The Morgan fingerprint density at radius 3 is 2.62 bits per heavy atom. The predicted octanol–water partition coefficient (Wildman–Crippen LogP) is 4.68. The molecule has 1 amide bonds. The van der Waals surface area contributed by atoms with Crippen LogP contribution in [0.2, 0.25) is 0 Å². The Balaban J connectivity index is 1.56. The van der Waals surface area contributed by atoms with Crippen molar-refractivity contribution in [2.75, 3.05) is 5.32 Å². The molecular formula is C23H17FN2O5S. The molecule has 4 rings (SSSR count). The molecule has 0 aliphatic carbocycles. The third-order valence-electron chi connectivity index (χ3n) is 4.58. The number of benzene rings is 2. The van der Waals surface area contributed by atoms with Gasteiger partial charge < -0.3 is 14.5 Å². The van der Waals surface area contributed by atoms with Gasteiger partial charge in [-0.25, -0.2) is 19.0 Å². The van der Waals surface area contributed by atoms with Gasteiger partial charge in [-0.3, -0.25) is 4.79 Å². The van der Waals surface area contributed by atoms with Crippen LogP contribution in [0.3, 0.4) is 0 Å². The van der Waals surface area contributed by atoms with Gasteiger partial charge in [-0.2, -0.15) is 0 Å². The maximum Gasteiger partial charge on any atom is 0.350 e. The number of amides is 1. The molecule has 0 unspecified atom stereocenters. The number of aromatic nitrogens is 1. The highest BCUT2D eigenvalue weighted by molar-refractivity contribution is 7.17. The lowest BCUT2D eigenvalue weighted by atomic mass is 10.1.